The number of carbonyl (C=O) groups excluding carboxylic acids is 1. The van der Waals surface area contributed by atoms with E-state index in [2.05, 4.69) is 17.7 Å². The minimum atomic E-state index is -0.368. The largest absolute Gasteiger partial charge is 0.337 e. The van der Waals surface area contributed by atoms with Gasteiger partial charge in [-0.25, -0.2) is 10.9 Å². The number of rotatable bonds is 6. The van der Waals surface area contributed by atoms with E-state index in [0.29, 0.717) is 5.75 Å². The highest BCUT2D eigenvalue weighted by molar-refractivity contribution is 8.22. The van der Waals surface area contributed by atoms with Crippen molar-refractivity contribution in [3.63, 3.8) is 0 Å². The summed E-state index contributed by atoms with van der Waals surface area (Å²) in [5, 5.41) is 12.3. The molecule has 2 aliphatic rings. The normalized spacial score (nSPS) is 22.2. The van der Waals surface area contributed by atoms with Crippen LogP contribution in [0.4, 0.5) is 0 Å². The minimum absolute atomic E-state index is 0. The molecule has 0 radical (unpaired) electrons. The van der Waals surface area contributed by atoms with Crippen LogP contribution in [0.2, 0.25) is 0 Å². The summed E-state index contributed by atoms with van der Waals surface area (Å²) in [4.78, 5) is 14.5. The highest BCUT2D eigenvalue weighted by Gasteiger charge is 2.28. The Bertz CT molecular complexity index is 414. The Morgan fingerprint density at radius 2 is 2.14 bits per heavy atom. The molecule has 2 aliphatic heterocycles. The molecule has 1 N–H and O–H groups in total. The van der Waals surface area contributed by atoms with Crippen molar-refractivity contribution in [2.75, 3.05) is 23.8 Å². The van der Waals surface area contributed by atoms with Gasteiger partial charge in [-0.1, -0.05) is 25.5 Å². The van der Waals surface area contributed by atoms with E-state index in [0.717, 1.165) is 43.0 Å². The molecule has 1 fully saturated rings. The van der Waals surface area contributed by atoms with Crippen LogP contribution in [-0.2, 0) is 4.79 Å². The standard InChI is InChI=1S/C15H24N2OS2.ClH/c1-2-5-13(16)10-14-11-19-7-6-17(14)15(18)12-20-8-3-4-9-20;/h3-4,8-9,14,16,20H,2,5-7,10-12H2,1H3;1H. The fourth-order valence-electron chi connectivity index (χ4n) is 2.56. The molecular weight excluding hydrogens is 324 g/mol. The molecule has 3 nitrogen and oxygen atoms in total. The number of nitrogens with zero attached hydrogens (tertiary/aromatic N) is 1. The van der Waals surface area contributed by atoms with E-state index in [1.807, 2.05) is 28.8 Å². The summed E-state index contributed by atoms with van der Waals surface area (Å²) in [6.45, 7) is 2.96. The number of thiol groups is 1. The predicted molar refractivity (Wildman–Crippen MR) is 99.5 cm³/mol. The van der Waals surface area contributed by atoms with Crippen LogP contribution in [0, 0.1) is 5.41 Å². The lowest BCUT2D eigenvalue weighted by Gasteiger charge is -2.36. The van der Waals surface area contributed by atoms with E-state index in [-0.39, 0.29) is 35.3 Å². The summed E-state index contributed by atoms with van der Waals surface area (Å²) in [5.74, 6) is 2.95. The van der Waals surface area contributed by atoms with E-state index in [1.165, 1.54) is 0 Å². The molecule has 0 aromatic carbocycles. The predicted octanol–water partition coefficient (Wildman–Crippen LogP) is 3.60. The van der Waals surface area contributed by atoms with Crippen LogP contribution in [0.5, 0.6) is 0 Å². The molecule has 1 atom stereocenters. The van der Waals surface area contributed by atoms with Crippen LogP contribution >= 0.6 is 35.1 Å². The first-order valence-corrected chi connectivity index (χ1v) is 10.1. The molecule has 2 heterocycles. The Morgan fingerprint density at radius 1 is 1.43 bits per heavy atom. The summed E-state index contributed by atoms with van der Waals surface area (Å²) < 4.78 is 0. The maximum absolute atomic E-state index is 12.5. The van der Waals surface area contributed by atoms with E-state index in [1.54, 1.807) is 0 Å². The van der Waals surface area contributed by atoms with Crippen molar-refractivity contribution in [1.29, 1.82) is 5.41 Å². The van der Waals surface area contributed by atoms with Crippen molar-refractivity contribution in [2.45, 2.75) is 32.2 Å². The molecule has 2 rings (SSSR count). The maximum atomic E-state index is 12.5. The molecule has 1 saturated heterocycles. The summed E-state index contributed by atoms with van der Waals surface area (Å²) in [5.41, 5.74) is 0.796. The van der Waals surface area contributed by atoms with Crippen LogP contribution in [0.25, 0.3) is 0 Å². The first kappa shape index (κ1) is 18.7. The average Bonchev–Trinajstić information content (AvgIpc) is 2.92. The topological polar surface area (TPSA) is 44.2 Å². The van der Waals surface area contributed by atoms with Gasteiger partial charge in [-0.2, -0.15) is 11.8 Å². The van der Waals surface area contributed by atoms with Gasteiger partial charge in [0.25, 0.3) is 0 Å². The Hall–Kier alpha value is -0.390. The van der Waals surface area contributed by atoms with E-state index >= 15 is 0 Å². The molecule has 0 aromatic rings. The third kappa shape index (κ3) is 5.72. The lowest BCUT2D eigenvalue weighted by molar-refractivity contribution is -0.129. The van der Waals surface area contributed by atoms with E-state index in [9.17, 15) is 4.79 Å². The molecule has 0 spiro atoms. The zero-order valence-electron chi connectivity index (χ0n) is 12.5. The monoisotopic (exact) mass is 348 g/mol. The minimum Gasteiger partial charge on any atom is -0.337 e. The van der Waals surface area contributed by atoms with Crippen molar-refractivity contribution in [3.05, 3.63) is 23.0 Å². The number of hydrogen-bond acceptors (Lipinski definition) is 3. The zero-order chi connectivity index (χ0) is 14.4. The molecule has 1 unspecified atom stereocenters. The first-order chi connectivity index (χ1) is 9.70. The molecule has 0 bridgehead atoms. The van der Waals surface area contributed by atoms with Gasteiger partial charge in [0.15, 0.2) is 0 Å². The van der Waals surface area contributed by atoms with Crippen molar-refractivity contribution < 1.29 is 4.79 Å². The van der Waals surface area contributed by atoms with Gasteiger partial charge in [0, 0.05) is 36.2 Å². The molecule has 21 heavy (non-hydrogen) atoms. The molecular formula is C15H25ClN2OS2. The lowest BCUT2D eigenvalue weighted by atomic mass is 10.1. The fourth-order valence-corrected chi connectivity index (χ4v) is 5.07. The Kier molecular flexibility index (Phi) is 8.52. The molecule has 1 amide bonds. The van der Waals surface area contributed by atoms with Gasteiger partial charge < -0.3 is 10.3 Å². The van der Waals surface area contributed by atoms with E-state index < -0.39 is 0 Å². The van der Waals surface area contributed by atoms with Gasteiger partial charge in [0.05, 0.1) is 5.75 Å². The molecule has 0 saturated carbocycles. The van der Waals surface area contributed by atoms with E-state index in [4.69, 9.17) is 5.41 Å². The number of amides is 1. The second-order valence-corrected chi connectivity index (χ2v) is 8.32. The third-order valence-electron chi connectivity index (χ3n) is 3.57. The van der Waals surface area contributed by atoms with Crippen LogP contribution in [0.1, 0.15) is 26.2 Å². The molecule has 0 aliphatic carbocycles. The van der Waals surface area contributed by atoms with Gasteiger partial charge in [-0.15, -0.1) is 12.4 Å². The number of carbonyl (C=O) groups is 1. The molecule has 6 heteroatoms. The van der Waals surface area contributed by atoms with Gasteiger partial charge in [-0.05, 0) is 17.2 Å². The molecule has 0 aromatic heterocycles. The Morgan fingerprint density at radius 3 is 2.81 bits per heavy atom. The Labute approximate surface area is 140 Å². The zero-order valence-corrected chi connectivity index (χ0v) is 15.0. The third-order valence-corrected chi connectivity index (χ3v) is 6.40. The highest BCUT2D eigenvalue weighted by atomic mass is 35.5. The summed E-state index contributed by atoms with van der Waals surface area (Å²) >= 11 is 1.91. The number of nitrogens with one attached hydrogen (secondary N) is 1. The van der Waals surface area contributed by atoms with Gasteiger partial charge in [0.2, 0.25) is 5.91 Å². The van der Waals surface area contributed by atoms with Crippen molar-refractivity contribution in [1.82, 2.24) is 4.90 Å². The van der Waals surface area contributed by atoms with Crippen LogP contribution < -0.4 is 0 Å². The summed E-state index contributed by atoms with van der Waals surface area (Å²) in [7, 11) is -0.368. The highest BCUT2D eigenvalue weighted by Crippen LogP contribution is 2.33. The van der Waals surface area contributed by atoms with Crippen LogP contribution in [-0.4, -0.2) is 46.4 Å². The maximum Gasteiger partial charge on any atom is 0.231 e. The summed E-state index contributed by atoms with van der Waals surface area (Å²) in [6, 6.07) is 0.242. The van der Waals surface area contributed by atoms with Gasteiger partial charge >= 0.3 is 0 Å². The number of hydrogen-bond donors (Lipinski definition) is 2. The summed E-state index contributed by atoms with van der Waals surface area (Å²) in [6.07, 6.45) is 6.73. The SMILES string of the molecule is CCCC(=N)CC1CSCCN1C(=O)C[SH]1C=CC=C1.Cl. The second-order valence-electron chi connectivity index (χ2n) is 5.23. The van der Waals surface area contributed by atoms with Crippen molar-refractivity contribution in [2.24, 2.45) is 0 Å². The van der Waals surface area contributed by atoms with Gasteiger partial charge in [0.1, 0.15) is 0 Å². The first-order valence-electron chi connectivity index (χ1n) is 7.25. The van der Waals surface area contributed by atoms with Crippen LogP contribution in [0.15, 0.2) is 23.0 Å². The average molecular weight is 349 g/mol. The molecule has 120 valence electrons. The number of thioether (sulfide) groups is 1. The fraction of sp³-hybridized carbons (Fsp3) is 0.600. The van der Waals surface area contributed by atoms with Crippen LogP contribution in [0.3, 0.4) is 0 Å². The Balaban J connectivity index is 0.00000220. The number of halogens is 1. The quantitative estimate of drug-likeness (QED) is 0.569. The van der Waals surface area contributed by atoms with Gasteiger partial charge in [-0.3, -0.25) is 4.79 Å². The smallest absolute Gasteiger partial charge is 0.231 e. The second kappa shape index (κ2) is 9.59. The van der Waals surface area contributed by atoms with Crippen molar-refractivity contribution in [3.8, 4) is 0 Å². The number of allylic oxidation sites excluding steroid dienone is 2. The lowest BCUT2D eigenvalue weighted by Crippen LogP contribution is -2.48. The van der Waals surface area contributed by atoms with Crippen molar-refractivity contribution >= 4 is 46.7 Å².